The van der Waals surface area contributed by atoms with E-state index >= 15 is 0 Å². The second-order valence-electron chi connectivity index (χ2n) is 4.91. The van der Waals surface area contributed by atoms with Crippen molar-refractivity contribution in [2.75, 3.05) is 6.61 Å². The lowest BCUT2D eigenvalue weighted by Gasteiger charge is -2.26. The first-order valence-electron chi connectivity index (χ1n) is 5.27. The molecule has 1 heteroatoms. The summed E-state index contributed by atoms with van der Waals surface area (Å²) in [6.07, 6.45) is 1.01. The first kappa shape index (κ1) is 9.72. The quantitative estimate of drug-likeness (QED) is 0.721. The third-order valence-corrected chi connectivity index (χ3v) is 3.77. The molecule has 1 N–H and O–H groups in total. The van der Waals surface area contributed by atoms with Crippen LogP contribution in [0.4, 0.5) is 0 Å². The molecule has 0 heterocycles. The van der Waals surface area contributed by atoms with Gasteiger partial charge in [-0.1, -0.05) is 37.6 Å². The molecule has 1 aliphatic carbocycles. The van der Waals surface area contributed by atoms with Crippen LogP contribution in [0.1, 0.15) is 36.5 Å². The Morgan fingerprint density at radius 3 is 2.86 bits per heavy atom. The fourth-order valence-electron chi connectivity index (χ4n) is 2.43. The summed E-state index contributed by atoms with van der Waals surface area (Å²) in [6, 6.07) is 6.64. The Morgan fingerprint density at radius 1 is 1.50 bits per heavy atom. The number of hydrogen-bond donors (Lipinski definition) is 1. The van der Waals surface area contributed by atoms with Gasteiger partial charge in [0.05, 0.1) is 0 Å². The van der Waals surface area contributed by atoms with Crippen LogP contribution in [0.5, 0.6) is 0 Å². The standard InChI is InChI=1S/C13H18O/c1-9-4-5-11-7-13(3,8-14)10(2)12(11)6-9/h4-6,10,14H,7-8H2,1-3H3. The van der Waals surface area contributed by atoms with Crippen LogP contribution in [0, 0.1) is 12.3 Å². The monoisotopic (exact) mass is 190 g/mol. The van der Waals surface area contributed by atoms with Gasteiger partial charge in [-0.15, -0.1) is 0 Å². The van der Waals surface area contributed by atoms with Crippen LogP contribution < -0.4 is 0 Å². The molecule has 1 aromatic carbocycles. The topological polar surface area (TPSA) is 20.2 Å². The number of aliphatic hydroxyl groups is 1. The van der Waals surface area contributed by atoms with Crippen LogP contribution >= 0.6 is 0 Å². The molecule has 14 heavy (non-hydrogen) atoms. The van der Waals surface area contributed by atoms with E-state index < -0.39 is 0 Å². The Hall–Kier alpha value is -0.820. The Morgan fingerprint density at radius 2 is 2.21 bits per heavy atom. The number of hydrogen-bond acceptors (Lipinski definition) is 1. The zero-order valence-corrected chi connectivity index (χ0v) is 9.17. The van der Waals surface area contributed by atoms with Gasteiger partial charge in [0.1, 0.15) is 0 Å². The van der Waals surface area contributed by atoms with Crippen molar-refractivity contribution in [3.05, 3.63) is 34.9 Å². The van der Waals surface area contributed by atoms with Gasteiger partial charge in [-0.2, -0.15) is 0 Å². The van der Waals surface area contributed by atoms with Gasteiger partial charge in [0.2, 0.25) is 0 Å². The summed E-state index contributed by atoms with van der Waals surface area (Å²) in [5.74, 6) is 0.474. The van der Waals surface area contributed by atoms with Crippen molar-refractivity contribution in [1.82, 2.24) is 0 Å². The maximum absolute atomic E-state index is 9.44. The van der Waals surface area contributed by atoms with Gasteiger partial charge < -0.3 is 5.11 Å². The van der Waals surface area contributed by atoms with Crippen molar-refractivity contribution in [2.24, 2.45) is 5.41 Å². The van der Waals surface area contributed by atoms with Crippen molar-refractivity contribution in [1.29, 1.82) is 0 Å². The lowest BCUT2D eigenvalue weighted by Crippen LogP contribution is -2.24. The van der Waals surface area contributed by atoms with E-state index in [1.54, 1.807) is 0 Å². The fraction of sp³-hybridized carbons (Fsp3) is 0.538. The van der Waals surface area contributed by atoms with Crippen molar-refractivity contribution in [3.63, 3.8) is 0 Å². The number of rotatable bonds is 1. The molecule has 1 nitrogen and oxygen atoms in total. The smallest absolute Gasteiger partial charge is 0.0493 e. The summed E-state index contributed by atoms with van der Waals surface area (Å²) in [6.45, 7) is 6.80. The van der Waals surface area contributed by atoms with Gasteiger partial charge in [-0.05, 0) is 30.4 Å². The highest BCUT2D eigenvalue weighted by Gasteiger charge is 2.38. The number of fused-ring (bicyclic) bond motifs is 1. The highest BCUT2D eigenvalue weighted by Crippen LogP contribution is 2.46. The first-order chi connectivity index (χ1) is 6.57. The molecule has 1 aromatic rings. The SMILES string of the molecule is Cc1ccc2c(c1)C(C)C(C)(CO)C2. The fourth-order valence-corrected chi connectivity index (χ4v) is 2.43. The molecule has 0 radical (unpaired) electrons. The van der Waals surface area contributed by atoms with E-state index in [1.165, 1.54) is 16.7 Å². The lowest BCUT2D eigenvalue weighted by molar-refractivity contribution is 0.130. The molecule has 0 spiro atoms. The van der Waals surface area contributed by atoms with Crippen LogP contribution in [0.2, 0.25) is 0 Å². The van der Waals surface area contributed by atoms with Gasteiger partial charge in [0, 0.05) is 12.0 Å². The molecule has 76 valence electrons. The van der Waals surface area contributed by atoms with Crippen LogP contribution in [-0.2, 0) is 6.42 Å². The number of aliphatic hydroxyl groups excluding tert-OH is 1. The molecule has 0 saturated heterocycles. The largest absolute Gasteiger partial charge is 0.396 e. The normalized spacial score (nSPS) is 30.4. The van der Waals surface area contributed by atoms with Crippen LogP contribution in [0.25, 0.3) is 0 Å². The van der Waals surface area contributed by atoms with Crippen molar-refractivity contribution < 1.29 is 5.11 Å². The minimum absolute atomic E-state index is 0.0517. The van der Waals surface area contributed by atoms with Crippen LogP contribution in [0.15, 0.2) is 18.2 Å². The van der Waals surface area contributed by atoms with Crippen LogP contribution in [0.3, 0.4) is 0 Å². The number of benzene rings is 1. The van der Waals surface area contributed by atoms with Gasteiger partial charge in [0.15, 0.2) is 0 Å². The molecule has 0 amide bonds. The Bertz CT molecular complexity index is 356. The molecule has 0 bridgehead atoms. The Kier molecular flexibility index (Phi) is 2.15. The number of aryl methyl sites for hydroxylation is 1. The third-order valence-electron chi connectivity index (χ3n) is 3.77. The molecular formula is C13H18O. The summed E-state index contributed by atoms with van der Waals surface area (Å²) < 4.78 is 0. The second-order valence-corrected chi connectivity index (χ2v) is 4.91. The zero-order valence-electron chi connectivity index (χ0n) is 9.17. The Labute approximate surface area is 85.8 Å². The van der Waals surface area contributed by atoms with E-state index in [9.17, 15) is 5.11 Å². The molecule has 0 aromatic heterocycles. The average molecular weight is 190 g/mol. The lowest BCUT2D eigenvalue weighted by atomic mass is 9.80. The predicted octanol–water partition coefficient (Wildman–Crippen LogP) is 2.65. The molecular weight excluding hydrogens is 172 g/mol. The van der Waals surface area contributed by atoms with E-state index in [4.69, 9.17) is 0 Å². The summed E-state index contributed by atoms with van der Waals surface area (Å²) >= 11 is 0. The highest BCUT2D eigenvalue weighted by molar-refractivity contribution is 5.40. The minimum Gasteiger partial charge on any atom is -0.396 e. The Balaban J connectivity index is 2.46. The molecule has 0 saturated carbocycles. The zero-order chi connectivity index (χ0) is 10.3. The molecule has 0 fully saturated rings. The van der Waals surface area contributed by atoms with Gasteiger partial charge in [-0.3, -0.25) is 0 Å². The van der Waals surface area contributed by atoms with Crippen molar-refractivity contribution in [2.45, 2.75) is 33.1 Å². The third kappa shape index (κ3) is 1.27. The van der Waals surface area contributed by atoms with Crippen molar-refractivity contribution in [3.8, 4) is 0 Å². The molecule has 2 atom stereocenters. The van der Waals surface area contributed by atoms with Crippen LogP contribution in [-0.4, -0.2) is 11.7 Å². The van der Waals surface area contributed by atoms with Crippen molar-refractivity contribution >= 4 is 0 Å². The maximum Gasteiger partial charge on any atom is 0.0493 e. The summed E-state index contributed by atoms with van der Waals surface area (Å²) in [5, 5.41) is 9.44. The van der Waals surface area contributed by atoms with Gasteiger partial charge in [0.25, 0.3) is 0 Å². The van der Waals surface area contributed by atoms with Gasteiger partial charge >= 0.3 is 0 Å². The van der Waals surface area contributed by atoms with E-state index in [0.717, 1.165) is 6.42 Å². The van der Waals surface area contributed by atoms with E-state index in [2.05, 4.69) is 39.0 Å². The van der Waals surface area contributed by atoms with E-state index in [1.807, 2.05) is 0 Å². The molecule has 1 aliphatic rings. The van der Waals surface area contributed by atoms with Gasteiger partial charge in [-0.25, -0.2) is 0 Å². The average Bonchev–Trinajstić information content (AvgIpc) is 2.42. The summed E-state index contributed by atoms with van der Waals surface area (Å²) in [4.78, 5) is 0. The predicted molar refractivity (Wildman–Crippen MR) is 58.5 cm³/mol. The molecule has 2 rings (SSSR count). The second kappa shape index (κ2) is 3.09. The molecule has 0 aliphatic heterocycles. The maximum atomic E-state index is 9.44. The molecule has 2 unspecified atom stereocenters. The summed E-state index contributed by atoms with van der Waals surface area (Å²) in [5.41, 5.74) is 4.22. The minimum atomic E-state index is 0.0517. The summed E-state index contributed by atoms with van der Waals surface area (Å²) in [7, 11) is 0. The van der Waals surface area contributed by atoms with E-state index in [-0.39, 0.29) is 12.0 Å². The first-order valence-corrected chi connectivity index (χ1v) is 5.27. The highest BCUT2D eigenvalue weighted by atomic mass is 16.3. The van der Waals surface area contributed by atoms with E-state index in [0.29, 0.717) is 5.92 Å².